The second kappa shape index (κ2) is 6.09. The Balaban J connectivity index is 2.06. The number of nitrogens with two attached hydrogens (primary N) is 1. The maximum atomic E-state index is 12.4. The van der Waals surface area contributed by atoms with E-state index in [1.165, 1.54) is 0 Å². The molecule has 1 saturated heterocycles. The molecule has 1 fully saturated rings. The predicted molar refractivity (Wildman–Crippen MR) is 79.7 cm³/mol. The van der Waals surface area contributed by atoms with Gasteiger partial charge in [0.25, 0.3) is 5.91 Å². The first-order chi connectivity index (χ1) is 9.13. The van der Waals surface area contributed by atoms with Crippen LogP contribution in [0, 0.1) is 12.3 Å². The van der Waals surface area contributed by atoms with E-state index in [0.29, 0.717) is 35.4 Å². The van der Waals surface area contributed by atoms with Crippen LogP contribution in [0.5, 0.6) is 0 Å². The summed E-state index contributed by atoms with van der Waals surface area (Å²) in [5.74, 6) is 2.64. The SMILES string of the molecule is C#CCN1CCN(C(=O)c2cccc(N)c2Br)CC1. The maximum Gasteiger partial charge on any atom is 0.255 e. The lowest BCUT2D eigenvalue weighted by atomic mass is 10.1. The highest BCUT2D eigenvalue weighted by molar-refractivity contribution is 9.10. The molecule has 0 saturated carbocycles. The number of piperazine rings is 1. The molecular weight excluding hydrogens is 306 g/mol. The van der Waals surface area contributed by atoms with Crippen molar-refractivity contribution in [2.45, 2.75) is 0 Å². The van der Waals surface area contributed by atoms with E-state index in [1.807, 2.05) is 4.90 Å². The molecule has 0 aromatic heterocycles. The lowest BCUT2D eigenvalue weighted by molar-refractivity contribution is 0.0651. The van der Waals surface area contributed by atoms with E-state index in [0.717, 1.165) is 13.1 Å². The molecule has 0 spiro atoms. The van der Waals surface area contributed by atoms with Crippen LogP contribution in [0.25, 0.3) is 0 Å². The van der Waals surface area contributed by atoms with Crippen molar-refractivity contribution in [3.8, 4) is 12.3 Å². The Morgan fingerprint density at radius 3 is 2.68 bits per heavy atom. The number of anilines is 1. The van der Waals surface area contributed by atoms with Gasteiger partial charge in [0, 0.05) is 31.9 Å². The second-order valence-electron chi connectivity index (χ2n) is 4.48. The molecular formula is C14H16BrN3O. The summed E-state index contributed by atoms with van der Waals surface area (Å²) in [5, 5.41) is 0. The van der Waals surface area contributed by atoms with Crippen LogP contribution in [-0.2, 0) is 0 Å². The van der Waals surface area contributed by atoms with E-state index in [9.17, 15) is 4.79 Å². The number of benzene rings is 1. The Hall–Kier alpha value is -1.51. The van der Waals surface area contributed by atoms with Crippen LogP contribution in [0.1, 0.15) is 10.4 Å². The van der Waals surface area contributed by atoms with Crippen molar-refractivity contribution < 1.29 is 4.79 Å². The minimum atomic E-state index is 0.0135. The largest absolute Gasteiger partial charge is 0.398 e. The highest BCUT2D eigenvalue weighted by Gasteiger charge is 2.23. The van der Waals surface area contributed by atoms with Crippen LogP contribution in [0.3, 0.4) is 0 Å². The smallest absolute Gasteiger partial charge is 0.255 e. The molecule has 1 aromatic rings. The van der Waals surface area contributed by atoms with Crippen molar-refractivity contribution in [3.63, 3.8) is 0 Å². The van der Waals surface area contributed by atoms with Crippen molar-refractivity contribution >= 4 is 27.5 Å². The molecule has 4 nitrogen and oxygen atoms in total. The zero-order valence-electron chi connectivity index (χ0n) is 10.6. The number of carbonyl (C=O) groups excluding carboxylic acids is 1. The minimum Gasteiger partial charge on any atom is -0.398 e. The topological polar surface area (TPSA) is 49.6 Å². The number of terminal acetylenes is 1. The van der Waals surface area contributed by atoms with Gasteiger partial charge in [0.1, 0.15) is 0 Å². The number of nitrogen functional groups attached to an aromatic ring is 1. The molecule has 0 bridgehead atoms. The van der Waals surface area contributed by atoms with Gasteiger partial charge in [-0.1, -0.05) is 12.0 Å². The number of rotatable bonds is 2. The molecule has 100 valence electrons. The van der Waals surface area contributed by atoms with Gasteiger partial charge in [-0.15, -0.1) is 6.42 Å². The van der Waals surface area contributed by atoms with Gasteiger partial charge in [0.05, 0.1) is 16.6 Å². The first kappa shape index (κ1) is 13.9. The molecule has 1 aliphatic heterocycles. The zero-order valence-corrected chi connectivity index (χ0v) is 12.2. The average molecular weight is 322 g/mol. The molecule has 5 heteroatoms. The number of hydrogen-bond donors (Lipinski definition) is 1. The Morgan fingerprint density at radius 1 is 1.37 bits per heavy atom. The Bertz CT molecular complexity index is 516. The van der Waals surface area contributed by atoms with Gasteiger partial charge in [-0.25, -0.2) is 0 Å². The molecule has 1 amide bonds. The van der Waals surface area contributed by atoms with Gasteiger partial charge in [0.2, 0.25) is 0 Å². The molecule has 1 aliphatic rings. The Kier molecular flexibility index (Phi) is 4.46. The Morgan fingerprint density at radius 2 is 2.05 bits per heavy atom. The number of halogens is 1. The summed E-state index contributed by atoms with van der Waals surface area (Å²) in [5.41, 5.74) is 7.00. The van der Waals surface area contributed by atoms with E-state index in [4.69, 9.17) is 12.2 Å². The third-order valence-corrected chi connectivity index (χ3v) is 4.12. The zero-order chi connectivity index (χ0) is 13.8. The molecule has 1 heterocycles. The fourth-order valence-corrected chi connectivity index (χ4v) is 2.56. The van der Waals surface area contributed by atoms with Crippen LogP contribution in [-0.4, -0.2) is 48.4 Å². The summed E-state index contributed by atoms with van der Waals surface area (Å²) < 4.78 is 0.672. The first-order valence-corrected chi connectivity index (χ1v) is 6.92. The molecule has 2 rings (SSSR count). The van der Waals surface area contributed by atoms with Crippen molar-refractivity contribution in [2.75, 3.05) is 38.5 Å². The number of nitrogens with zero attached hydrogens (tertiary/aromatic N) is 2. The number of hydrogen-bond acceptors (Lipinski definition) is 3. The standard InChI is InChI=1S/C14H16BrN3O/c1-2-6-17-7-9-18(10-8-17)14(19)11-4-3-5-12(16)13(11)15/h1,3-5H,6-10,16H2. The molecule has 0 unspecified atom stereocenters. The summed E-state index contributed by atoms with van der Waals surface area (Å²) in [6, 6.07) is 5.35. The first-order valence-electron chi connectivity index (χ1n) is 6.12. The number of amides is 1. The van der Waals surface area contributed by atoms with E-state index < -0.39 is 0 Å². The van der Waals surface area contributed by atoms with Crippen LogP contribution in [0.2, 0.25) is 0 Å². The maximum absolute atomic E-state index is 12.4. The summed E-state index contributed by atoms with van der Waals surface area (Å²) in [7, 11) is 0. The van der Waals surface area contributed by atoms with Crippen LogP contribution < -0.4 is 5.73 Å². The van der Waals surface area contributed by atoms with Crippen molar-refractivity contribution in [1.82, 2.24) is 9.80 Å². The lowest BCUT2D eigenvalue weighted by Gasteiger charge is -2.33. The van der Waals surface area contributed by atoms with Gasteiger partial charge in [-0.3, -0.25) is 9.69 Å². The second-order valence-corrected chi connectivity index (χ2v) is 5.27. The summed E-state index contributed by atoms with van der Waals surface area (Å²) >= 11 is 3.37. The van der Waals surface area contributed by atoms with Crippen molar-refractivity contribution in [3.05, 3.63) is 28.2 Å². The summed E-state index contributed by atoms with van der Waals surface area (Å²) in [6.07, 6.45) is 5.29. The van der Waals surface area contributed by atoms with Crippen LogP contribution >= 0.6 is 15.9 Å². The molecule has 0 radical (unpaired) electrons. The highest BCUT2D eigenvalue weighted by atomic mass is 79.9. The fraction of sp³-hybridized carbons (Fsp3) is 0.357. The van der Waals surface area contributed by atoms with Crippen LogP contribution in [0.15, 0.2) is 22.7 Å². The summed E-state index contributed by atoms with van der Waals surface area (Å²) in [6.45, 7) is 3.67. The molecule has 0 atom stereocenters. The van der Waals surface area contributed by atoms with Crippen molar-refractivity contribution in [1.29, 1.82) is 0 Å². The average Bonchev–Trinajstić information content (AvgIpc) is 2.42. The molecule has 1 aromatic carbocycles. The Labute approximate surface area is 121 Å². The highest BCUT2D eigenvalue weighted by Crippen LogP contribution is 2.25. The van der Waals surface area contributed by atoms with E-state index >= 15 is 0 Å². The van der Waals surface area contributed by atoms with Gasteiger partial charge in [-0.05, 0) is 28.1 Å². The van der Waals surface area contributed by atoms with Crippen LogP contribution in [0.4, 0.5) is 5.69 Å². The molecule has 0 aliphatic carbocycles. The molecule has 2 N–H and O–H groups in total. The van der Waals surface area contributed by atoms with E-state index in [1.54, 1.807) is 18.2 Å². The third-order valence-electron chi connectivity index (χ3n) is 3.23. The monoisotopic (exact) mass is 321 g/mol. The van der Waals surface area contributed by atoms with Gasteiger partial charge in [-0.2, -0.15) is 0 Å². The predicted octanol–water partition coefficient (Wildman–Crippen LogP) is 1.42. The molecule has 19 heavy (non-hydrogen) atoms. The van der Waals surface area contributed by atoms with Gasteiger partial charge >= 0.3 is 0 Å². The quantitative estimate of drug-likeness (QED) is 0.662. The fourth-order valence-electron chi connectivity index (χ4n) is 2.12. The minimum absolute atomic E-state index is 0.0135. The summed E-state index contributed by atoms with van der Waals surface area (Å²) in [4.78, 5) is 16.4. The normalized spacial score (nSPS) is 16.1. The van der Waals surface area contributed by atoms with Gasteiger partial charge in [0.15, 0.2) is 0 Å². The van der Waals surface area contributed by atoms with Gasteiger partial charge < -0.3 is 10.6 Å². The lowest BCUT2D eigenvalue weighted by Crippen LogP contribution is -2.48. The number of carbonyl (C=O) groups is 1. The van der Waals surface area contributed by atoms with E-state index in [-0.39, 0.29) is 5.91 Å². The van der Waals surface area contributed by atoms with Crippen molar-refractivity contribution in [2.24, 2.45) is 0 Å². The third kappa shape index (κ3) is 3.09. The van der Waals surface area contributed by atoms with E-state index in [2.05, 4.69) is 26.8 Å².